The minimum absolute atomic E-state index is 0.0143. The maximum absolute atomic E-state index is 13.0. The van der Waals surface area contributed by atoms with Crippen LogP contribution in [0.15, 0.2) is 71.8 Å². The van der Waals surface area contributed by atoms with Gasteiger partial charge in [0.05, 0.1) is 23.9 Å². The highest BCUT2D eigenvalue weighted by atomic mass is 19.1. The summed E-state index contributed by atoms with van der Waals surface area (Å²) in [4.78, 5) is 10.2. The van der Waals surface area contributed by atoms with Gasteiger partial charge in [-0.05, 0) is 60.2 Å². The number of nitrogens with one attached hydrogen (secondary N) is 1. The van der Waals surface area contributed by atoms with Gasteiger partial charge < -0.3 is 9.47 Å². The number of nitrogens with zero attached hydrogens (tertiary/aromatic N) is 2. The summed E-state index contributed by atoms with van der Waals surface area (Å²) in [5.41, 5.74) is 5.06. The number of hydrogen-bond acceptors (Lipinski definition) is 6. The van der Waals surface area contributed by atoms with Crippen LogP contribution in [-0.4, -0.2) is 18.2 Å². The molecule has 0 unspecified atom stereocenters. The molecule has 0 spiro atoms. The number of hydrazone groups is 1. The standard InChI is InChI=1S/C21H18FN3O4/c1-28-21-11-2-15(12-16(21)14-29-20-9-3-17(22)4-10-20)13-23-24-18-5-7-19(8-6-18)25(26)27/h2-13,24H,14H2,1H3/b23-13-. The molecule has 3 aromatic carbocycles. The highest BCUT2D eigenvalue weighted by Gasteiger charge is 2.06. The predicted molar refractivity (Wildman–Crippen MR) is 108 cm³/mol. The molecule has 8 heteroatoms. The highest BCUT2D eigenvalue weighted by Crippen LogP contribution is 2.22. The van der Waals surface area contributed by atoms with Gasteiger partial charge in [-0.1, -0.05) is 0 Å². The molecule has 1 N–H and O–H groups in total. The van der Waals surface area contributed by atoms with E-state index < -0.39 is 4.92 Å². The van der Waals surface area contributed by atoms with E-state index in [-0.39, 0.29) is 18.1 Å². The number of anilines is 1. The number of nitro benzene ring substituents is 1. The quantitative estimate of drug-likeness (QED) is 0.337. The molecular weight excluding hydrogens is 377 g/mol. The lowest BCUT2D eigenvalue weighted by molar-refractivity contribution is -0.384. The molecule has 0 aliphatic carbocycles. The fourth-order valence-electron chi connectivity index (χ4n) is 2.52. The lowest BCUT2D eigenvalue weighted by atomic mass is 10.1. The lowest BCUT2D eigenvalue weighted by Gasteiger charge is -2.11. The molecule has 0 amide bonds. The molecule has 0 saturated heterocycles. The number of benzene rings is 3. The van der Waals surface area contributed by atoms with E-state index in [0.717, 1.165) is 11.1 Å². The van der Waals surface area contributed by atoms with Crippen LogP contribution in [-0.2, 0) is 6.61 Å². The van der Waals surface area contributed by atoms with Crippen molar-refractivity contribution in [3.8, 4) is 11.5 Å². The van der Waals surface area contributed by atoms with Crippen molar-refractivity contribution in [2.45, 2.75) is 6.61 Å². The van der Waals surface area contributed by atoms with Crippen LogP contribution in [0.5, 0.6) is 11.5 Å². The summed E-state index contributed by atoms with van der Waals surface area (Å²) >= 11 is 0. The maximum atomic E-state index is 13.0. The minimum atomic E-state index is -0.458. The van der Waals surface area contributed by atoms with Gasteiger partial charge in [0, 0.05) is 17.7 Å². The van der Waals surface area contributed by atoms with Crippen molar-refractivity contribution in [3.05, 3.63) is 93.8 Å². The van der Waals surface area contributed by atoms with Crippen molar-refractivity contribution in [2.75, 3.05) is 12.5 Å². The zero-order valence-corrected chi connectivity index (χ0v) is 15.5. The first-order valence-electron chi connectivity index (χ1n) is 8.64. The Bertz CT molecular complexity index is 1010. The van der Waals surface area contributed by atoms with Gasteiger partial charge in [-0.15, -0.1) is 0 Å². The lowest BCUT2D eigenvalue weighted by Crippen LogP contribution is -2.00. The monoisotopic (exact) mass is 395 g/mol. The van der Waals surface area contributed by atoms with Crippen LogP contribution in [0.3, 0.4) is 0 Å². The van der Waals surface area contributed by atoms with E-state index in [4.69, 9.17) is 9.47 Å². The number of rotatable bonds is 8. The number of nitro groups is 1. The Morgan fingerprint density at radius 2 is 1.83 bits per heavy atom. The number of halogens is 1. The molecule has 0 saturated carbocycles. The SMILES string of the molecule is COc1ccc(/C=N\Nc2ccc([N+](=O)[O-])cc2)cc1COc1ccc(F)cc1. The van der Waals surface area contributed by atoms with Crippen molar-refractivity contribution in [1.29, 1.82) is 0 Å². The van der Waals surface area contributed by atoms with Gasteiger partial charge in [0.15, 0.2) is 0 Å². The first-order valence-corrected chi connectivity index (χ1v) is 8.64. The number of hydrogen-bond donors (Lipinski definition) is 1. The van der Waals surface area contributed by atoms with Gasteiger partial charge in [-0.2, -0.15) is 5.10 Å². The van der Waals surface area contributed by atoms with E-state index in [1.165, 1.54) is 24.3 Å². The second-order valence-corrected chi connectivity index (χ2v) is 5.99. The average molecular weight is 395 g/mol. The smallest absolute Gasteiger partial charge is 0.269 e. The molecule has 0 fully saturated rings. The Hall–Kier alpha value is -3.94. The maximum Gasteiger partial charge on any atom is 0.269 e. The van der Waals surface area contributed by atoms with E-state index in [1.807, 2.05) is 12.1 Å². The number of ether oxygens (including phenoxy) is 2. The fraction of sp³-hybridized carbons (Fsp3) is 0.0952. The molecule has 3 aromatic rings. The van der Waals surface area contributed by atoms with Crippen LogP contribution in [0, 0.1) is 15.9 Å². The summed E-state index contributed by atoms with van der Waals surface area (Å²) in [6.07, 6.45) is 1.61. The molecule has 0 aliphatic rings. The van der Waals surface area contributed by atoms with Crippen LogP contribution in [0.2, 0.25) is 0 Å². The molecule has 148 valence electrons. The molecular formula is C21H18FN3O4. The third kappa shape index (κ3) is 5.52. The van der Waals surface area contributed by atoms with Crippen molar-refractivity contribution in [2.24, 2.45) is 5.10 Å². The topological polar surface area (TPSA) is 86.0 Å². The highest BCUT2D eigenvalue weighted by molar-refractivity contribution is 5.81. The van der Waals surface area contributed by atoms with Crippen LogP contribution in [0.4, 0.5) is 15.8 Å². The zero-order valence-electron chi connectivity index (χ0n) is 15.5. The normalized spacial score (nSPS) is 10.7. The summed E-state index contributed by atoms with van der Waals surface area (Å²) < 4.78 is 24.0. The summed E-state index contributed by atoms with van der Waals surface area (Å²) in [5, 5.41) is 14.8. The van der Waals surface area contributed by atoms with Gasteiger partial charge in [-0.25, -0.2) is 4.39 Å². The molecule has 0 aromatic heterocycles. The summed E-state index contributed by atoms with van der Waals surface area (Å²) in [6, 6.07) is 17.2. The van der Waals surface area contributed by atoms with Crippen LogP contribution in [0.1, 0.15) is 11.1 Å². The van der Waals surface area contributed by atoms with Crippen molar-refractivity contribution in [1.82, 2.24) is 0 Å². The Balaban J connectivity index is 1.66. The Kier molecular flexibility index (Phi) is 6.36. The summed E-state index contributed by atoms with van der Waals surface area (Å²) in [6.45, 7) is 0.242. The van der Waals surface area contributed by atoms with Crippen LogP contribution in [0.25, 0.3) is 0 Å². The number of non-ortho nitro benzene ring substituents is 1. The second-order valence-electron chi connectivity index (χ2n) is 5.99. The first kappa shape index (κ1) is 19.8. The van der Waals surface area contributed by atoms with E-state index in [0.29, 0.717) is 17.2 Å². The van der Waals surface area contributed by atoms with Gasteiger partial charge in [0.2, 0.25) is 0 Å². The van der Waals surface area contributed by atoms with Crippen molar-refractivity contribution in [3.63, 3.8) is 0 Å². The van der Waals surface area contributed by atoms with E-state index in [1.54, 1.807) is 43.7 Å². The third-order valence-corrected chi connectivity index (χ3v) is 4.00. The molecule has 7 nitrogen and oxygen atoms in total. The number of methoxy groups -OCH3 is 1. The van der Waals surface area contributed by atoms with Gasteiger partial charge in [-0.3, -0.25) is 15.5 Å². The Morgan fingerprint density at radius 1 is 1.10 bits per heavy atom. The largest absolute Gasteiger partial charge is 0.496 e. The van der Waals surface area contributed by atoms with Crippen LogP contribution < -0.4 is 14.9 Å². The third-order valence-electron chi connectivity index (χ3n) is 4.00. The first-order chi connectivity index (χ1) is 14.0. The molecule has 29 heavy (non-hydrogen) atoms. The fourth-order valence-corrected chi connectivity index (χ4v) is 2.52. The zero-order chi connectivity index (χ0) is 20.6. The molecule has 0 atom stereocenters. The van der Waals surface area contributed by atoms with Crippen molar-refractivity contribution < 1.29 is 18.8 Å². The average Bonchev–Trinajstić information content (AvgIpc) is 2.74. The van der Waals surface area contributed by atoms with Crippen LogP contribution >= 0.6 is 0 Å². The second kappa shape index (κ2) is 9.32. The molecule has 0 aliphatic heterocycles. The Morgan fingerprint density at radius 3 is 2.48 bits per heavy atom. The van der Waals surface area contributed by atoms with E-state index >= 15 is 0 Å². The molecule has 0 radical (unpaired) electrons. The summed E-state index contributed by atoms with van der Waals surface area (Å²) in [5.74, 6) is 0.883. The van der Waals surface area contributed by atoms with E-state index in [9.17, 15) is 14.5 Å². The molecule has 0 bridgehead atoms. The van der Waals surface area contributed by atoms with Gasteiger partial charge in [0.1, 0.15) is 23.9 Å². The predicted octanol–water partition coefficient (Wildman–Crippen LogP) is 4.77. The van der Waals surface area contributed by atoms with Crippen molar-refractivity contribution >= 4 is 17.6 Å². The summed E-state index contributed by atoms with van der Waals surface area (Å²) in [7, 11) is 1.57. The molecule has 3 rings (SSSR count). The molecule has 0 heterocycles. The minimum Gasteiger partial charge on any atom is -0.496 e. The Labute approximate surface area is 166 Å². The van der Waals surface area contributed by atoms with Gasteiger partial charge in [0.25, 0.3) is 5.69 Å². The van der Waals surface area contributed by atoms with Gasteiger partial charge >= 0.3 is 0 Å². The van der Waals surface area contributed by atoms with E-state index in [2.05, 4.69) is 10.5 Å².